The summed E-state index contributed by atoms with van der Waals surface area (Å²) in [7, 11) is 0. The number of fused-ring (bicyclic) bond motifs is 9. The summed E-state index contributed by atoms with van der Waals surface area (Å²) in [6, 6.07) is 0. The van der Waals surface area contributed by atoms with Gasteiger partial charge in [0, 0.05) is 32.7 Å². The first-order chi connectivity index (χ1) is 16.9. The molecule has 6 bridgehead atoms. The van der Waals surface area contributed by atoms with E-state index in [0.29, 0.717) is 0 Å². The van der Waals surface area contributed by atoms with Crippen molar-refractivity contribution in [2.45, 2.75) is 89.9 Å². The number of rotatable bonds is 0. The van der Waals surface area contributed by atoms with Crippen LogP contribution in [0.4, 0.5) is 0 Å². The van der Waals surface area contributed by atoms with Gasteiger partial charge in [-0.3, -0.25) is 0 Å². The van der Waals surface area contributed by atoms with Crippen molar-refractivity contribution in [1.82, 2.24) is 9.80 Å². The Kier molecular flexibility index (Phi) is 11.5. The molecule has 0 amide bonds. The fourth-order valence-corrected chi connectivity index (χ4v) is 7.24. The van der Waals surface area contributed by atoms with E-state index in [1.807, 2.05) is 0 Å². The van der Waals surface area contributed by atoms with Gasteiger partial charge in [0.2, 0.25) is 0 Å². The summed E-state index contributed by atoms with van der Waals surface area (Å²) in [5, 5.41) is 0. The molecule has 0 N–H and O–H groups in total. The molecule has 2 nitrogen and oxygen atoms in total. The molecule has 0 spiro atoms. The Morgan fingerprint density at radius 3 is 1.88 bits per heavy atom. The maximum atomic E-state index is 2.87. The van der Waals surface area contributed by atoms with Gasteiger partial charge in [-0.2, -0.15) is 0 Å². The molecular weight excluding hydrogens is 412 g/mol. The smallest absolute Gasteiger partial charge is 0.00162 e. The third-order valence-corrected chi connectivity index (χ3v) is 9.05. The Bertz CT molecular complexity index is 674. The maximum absolute atomic E-state index is 2.87. The van der Waals surface area contributed by atoms with Gasteiger partial charge in [0.05, 0.1) is 0 Å². The van der Waals surface area contributed by atoms with Crippen LogP contribution in [0, 0.1) is 23.7 Å². The van der Waals surface area contributed by atoms with Crippen LogP contribution in [0.1, 0.15) is 89.9 Å². The number of nitrogens with zero attached hydrogens (tertiary/aromatic N) is 2. The highest BCUT2D eigenvalue weighted by atomic mass is 15.1. The van der Waals surface area contributed by atoms with Crippen molar-refractivity contribution in [1.29, 1.82) is 0 Å². The molecule has 0 aromatic rings. The van der Waals surface area contributed by atoms with Crippen molar-refractivity contribution in [3.8, 4) is 0 Å². The Morgan fingerprint density at radius 2 is 1.09 bits per heavy atom. The Morgan fingerprint density at radius 1 is 0.471 bits per heavy atom. The molecule has 6 unspecified atom stereocenters. The summed E-state index contributed by atoms with van der Waals surface area (Å²) < 4.78 is 0. The van der Waals surface area contributed by atoms with Crippen LogP contribution in [0.2, 0.25) is 0 Å². The largest absolute Gasteiger partial charge is 0.303 e. The summed E-state index contributed by atoms with van der Waals surface area (Å²) in [4.78, 5) is 5.68. The molecule has 0 aromatic heterocycles. The lowest BCUT2D eigenvalue weighted by Gasteiger charge is -2.47. The van der Waals surface area contributed by atoms with E-state index in [-0.39, 0.29) is 0 Å². The van der Waals surface area contributed by atoms with E-state index in [0.717, 1.165) is 23.7 Å². The molecule has 2 heteroatoms. The molecule has 0 aliphatic carbocycles. The van der Waals surface area contributed by atoms with Crippen molar-refractivity contribution in [2.75, 3.05) is 39.3 Å². The van der Waals surface area contributed by atoms with Gasteiger partial charge >= 0.3 is 0 Å². The number of hydrogen-bond acceptors (Lipinski definition) is 2. The second kappa shape index (κ2) is 15.1. The topological polar surface area (TPSA) is 6.48 Å². The molecule has 5 heterocycles. The van der Waals surface area contributed by atoms with Gasteiger partial charge in [-0.05, 0) is 94.4 Å². The molecule has 0 radical (unpaired) electrons. The van der Waals surface area contributed by atoms with E-state index in [4.69, 9.17) is 0 Å². The van der Waals surface area contributed by atoms with E-state index in [9.17, 15) is 0 Å². The molecule has 0 saturated carbocycles. The van der Waals surface area contributed by atoms with E-state index in [2.05, 4.69) is 58.4 Å². The highest BCUT2D eigenvalue weighted by Gasteiger charge is 2.38. The fraction of sp³-hybridized carbons (Fsp3) is 0.750. The first-order valence-corrected chi connectivity index (χ1v) is 15.0. The molecule has 0 aromatic carbocycles. The molecule has 34 heavy (non-hydrogen) atoms. The minimum Gasteiger partial charge on any atom is -0.303 e. The molecule has 2 saturated heterocycles. The minimum atomic E-state index is 0.919. The lowest BCUT2D eigenvalue weighted by molar-refractivity contribution is 0.0203. The standard InChI is InChI=1S/C32H52N2/c1-2-5-10-14-18-23-34-26-29-19-15-11-7-4-6-9-13-17-22-33-24-21-32(31(25-29)28-34)30(27-33)20-16-12-8-3-1/h2,4-6,9-10,13-14,29-32H,1,3,7-8,11-12,15-28H2. The van der Waals surface area contributed by atoms with Crippen LogP contribution < -0.4 is 0 Å². The predicted molar refractivity (Wildman–Crippen MR) is 148 cm³/mol. The summed E-state index contributed by atoms with van der Waals surface area (Å²) in [5.41, 5.74) is 0. The van der Waals surface area contributed by atoms with Crippen LogP contribution in [0.25, 0.3) is 0 Å². The highest BCUT2D eigenvalue weighted by molar-refractivity contribution is 5.03. The summed E-state index contributed by atoms with van der Waals surface area (Å²) in [6.07, 6.45) is 38.0. The second-order valence-electron chi connectivity index (χ2n) is 11.7. The second-order valence-corrected chi connectivity index (χ2v) is 11.7. The molecule has 5 aliphatic rings. The van der Waals surface area contributed by atoms with Gasteiger partial charge in [0.25, 0.3) is 0 Å². The number of hydrogen-bond donors (Lipinski definition) is 0. The molecule has 6 atom stereocenters. The summed E-state index contributed by atoms with van der Waals surface area (Å²) in [6.45, 7) is 7.93. The average Bonchev–Trinajstić information content (AvgIpc) is 2.85. The predicted octanol–water partition coefficient (Wildman–Crippen LogP) is 7.80. The first kappa shape index (κ1) is 26.0. The van der Waals surface area contributed by atoms with Crippen LogP contribution in [0.3, 0.4) is 0 Å². The SMILES string of the molecule is C1=CCCCCCCC2CN3CCC=CC=CCCCCC4CC(CN(CCC=C1)C4)C2CC3. The molecule has 2 fully saturated rings. The summed E-state index contributed by atoms with van der Waals surface area (Å²) in [5.74, 6) is 3.74. The van der Waals surface area contributed by atoms with Gasteiger partial charge in [-0.15, -0.1) is 0 Å². The lowest BCUT2D eigenvalue weighted by atomic mass is 9.69. The van der Waals surface area contributed by atoms with Crippen LogP contribution in [0.15, 0.2) is 48.6 Å². The third kappa shape index (κ3) is 8.83. The van der Waals surface area contributed by atoms with E-state index in [1.54, 1.807) is 0 Å². The van der Waals surface area contributed by atoms with Crippen molar-refractivity contribution in [3.63, 3.8) is 0 Å². The average molecular weight is 465 g/mol. The van der Waals surface area contributed by atoms with Crippen molar-refractivity contribution >= 4 is 0 Å². The highest BCUT2D eigenvalue weighted by Crippen LogP contribution is 2.40. The van der Waals surface area contributed by atoms with Crippen LogP contribution in [-0.4, -0.2) is 49.1 Å². The molecular formula is C32H52N2. The summed E-state index contributed by atoms with van der Waals surface area (Å²) >= 11 is 0. The van der Waals surface area contributed by atoms with Gasteiger partial charge in [0.1, 0.15) is 0 Å². The van der Waals surface area contributed by atoms with Gasteiger partial charge in [0.15, 0.2) is 0 Å². The molecule has 190 valence electrons. The zero-order chi connectivity index (χ0) is 23.3. The quantitative estimate of drug-likeness (QED) is 0.361. The van der Waals surface area contributed by atoms with E-state index in [1.165, 1.54) is 129 Å². The zero-order valence-corrected chi connectivity index (χ0v) is 22.0. The minimum absolute atomic E-state index is 0.919. The Labute approximate surface area is 211 Å². The fourth-order valence-electron chi connectivity index (χ4n) is 7.24. The maximum Gasteiger partial charge on any atom is 0.00162 e. The van der Waals surface area contributed by atoms with Crippen LogP contribution in [-0.2, 0) is 0 Å². The number of allylic oxidation sites excluding steroid dienone is 6. The molecule has 5 aliphatic heterocycles. The van der Waals surface area contributed by atoms with Gasteiger partial charge in [-0.25, -0.2) is 0 Å². The Hall–Kier alpha value is -1.12. The number of piperidine rings is 2. The van der Waals surface area contributed by atoms with Crippen LogP contribution >= 0.6 is 0 Å². The zero-order valence-electron chi connectivity index (χ0n) is 22.0. The monoisotopic (exact) mass is 464 g/mol. The van der Waals surface area contributed by atoms with Gasteiger partial charge < -0.3 is 9.80 Å². The van der Waals surface area contributed by atoms with Crippen molar-refractivity contribution in [2.24, 2.45) is 23.7 Å². The van der Waals surface area contributed by atoms with Crippen molar-refractivity contribution < 1.29 is 0 Å². The van der Waals surface area contributed by atoms with E-state index < -0.39 is 0 Å². The van der Waals surface area contributed by atoms with Crippen LogP contribution in [0.5, 0.6) is 0 Å². The molecule has 5 rings (SSSR count). The lowest BCUT2D eigenvalue weighted by Crippen LogP contribution is -2.49. The van der Waals surface area contributed by atoms with Crippen molar-refractivity contribution in [3.05, 3.63) is 48.6 Å². The first-order valence-electron chi connectivity index (χ1n) is 15.0. The third-order valence-electron chi connectivity index (χ3n) is 9.05. The normalized spacial score (nSPS) is 36.9. The Balaban J connectivity index is 1.49. The van der Waals surface area contributed by atoms with E-state index >= 15 is 0 Å². The van der Waals surface area contributed by atoms with Gasteiger partial charge in [-0.1, -0.05) is 74.3 Å².